The molecule has 2 aromatic heterocycles. The summed E-state index contributed by atoms with van der Waals surface area (Å²) in [6, 6.07) is 75.3. The van der Waals surface area contributed by atoms with Crippen molar-refractivity contribution in [2.45, 2.75) is 126 Å². The fourth-order valence-corrected chi connectivity index (χ4v) is 14.2. The van der Waals surface area contributed by atoms with Gasteiger partial charge in [0.25, 0.3) is 6.71 Å². The molecular weight excluding hydrogens is 1020 g/mol. The van der Waals surface area contributed by atoms with E-state index in [0.29, 0.717) is 0 Å². The third kappa shape index (κ3) is 8.47. The summed E-state index contributed by atoms with van der Waals surface area (Å²) in [4.78, 5) is 5.35. The molecule has 4 heterocycles. The highest BCUT2D eigenvalue weighted by Gasteiger charge is 2.45. The SMILES string of the molecule is Cc1cc(C)c(-c2cc3c4c(c2)N(c2cc(C(C)(C)C)cc(C(C)(C)C)c2)c2cc(-n5c6ccccc6c6ccccc65)ccc2B4c2ccc(-n4c5ccccc5c5ccccc54)cc2N3c2cc(C(C)(C)C)cc(C(C)(C)C)c2)c(C)c1. The zero-order valence-corrected chi connectivity index (χ0v) is 51.8. The van der Waals surface area contributed by atoms with E-state index in [1.165, 1.54) is 144 Å². The van der Waals surface area contributed by atoms with Gasteiger partial charge in [-0.1, -0.05) is 198 Å². The van der Waals surface area contributed by atoms with E-state index < -0.39 is 0 Å². The number of nitrogens with zero attached hydrogens (tertiary/aromatic N) is 4. The lowest BCUT2D eigenvalue weighted by Crippen LogP contribution is -2.61. The molecule has 0 saturated carbocycles. The second-order valence-corrected chi connectivity index (χ2v) is 28.6. The molecular formula is C79H77BN4. The van der Waals surface area contributed by atoms with Crippen molar-refractivity contribution in [2.24, 2.45) is 0 Å². The second kappa shape index (κ2) is 18.7. The lowest BCUT2D eigenvalue weighted by atomic mass is 9.33. The summed E-state index contributed by atoms with van der Waals surface area (Å²) < 4.78 is 4.99. The molecule has 0 unspecified atom stereocenters. The van der Waals surface area contributed by atoms with Gasteiger partial charge in [-0.3, -0.25) is 0 Å². The van der Waals surface area contributed by atoms with Crippen LogP contribution in [0.15, 0.2) is 194 Å². The summed E-state index contributed by atoms with van der Waals surface area (Å²) >= 11 is 0. The minimum atomic E-state index is -0.123. The molecule has 5 heteroatoms. The molecule has 0 aliphatic carbocycles. The van der Waals surface area contributed by atoms with E-state index in [-0.39, 0.29) is 28.4 Å². The molecule has 4 nitrogen and oxygen atoms in total. The van der Waals surface area contributed by atoms with Gasteiger partial charge in [-0.2, -0.15) is 0 Å². The third-order valence-corrected chi connectivity index (χ3v) is 18.5. The van der Waals surface area contributed by atoms with Crippen molar-refractivity contribution in [3.63, 3.8) is 0 Å². The Balaban J connectivity index is 1.16. The van der Waals surface area contributed by atoms with Crippen LogP contribution < -0.4 is 26.2 Å². The highest BCUT2D eigenvalue weighted by Crippen LogP contribution is 2.50. The van der Waals surface area contributed by atoms with Crippen molar-refractivity contribution in [1.29, 1.82) is 0 Å². The summed E-state index contributed by atoms with van der Waals surface area (Å²) in [5.74, 6) is 0. The molecule has 0 atom stereocenters. The number of rotatable bonds is 5. The van der Waals surface area contributed by atoms with Gasteiger partial charge < -0.3 is 18.9 Å². The van der Waals surface area contributed by atoms with Crippen LogP contribution in [0.4, 0.5) is 34.1 Å². The maximum Gasteiger partial charge on any atom is 0.252 e. The minimum absolute atomic E-state index is 0.119. The molecule has 0 bridgehead atoms. The summed E-state index contributed by atoms with van der Waals surface area (Å²) in [5, 5.41) is 5.02. The van der Waals surface area contributed by atoms with E-state index in [4.69, 9.17) is 0 Å². The van der Waals surface area contributed by atoms with Gasteiger partial charge in [0.2, 0.25) is 0 Å². The van der Waals surface area contributed by atoms with E-state index in [0.717, 1.165) is 11.4 Å². The maximum absolute atomic E-state index is 2.68. The number of anilines is 6. The average Bonchev–Trinajstić information content (AvgIpc) is 0.942. The molecule has 0 fully saturated rings. The standard InChI is InChI=1S/C79H77BN4/c1-48-36-49(2)74(50(3)37-48)51-38-72-75-73(39-51)84(59-44-54(78(10,11)12)41-55(45-59)79(13,14)15)71-47-57(82-68-30-22-18-26-62(68)63-27-19-23-31-69(63)82)33-35-65(71)80(75)64-34-32-56(81-66-28-20-16-24-60(66)61-25-17-21-29-67(61)81)46-70(64)83(72)58-42-52(76(4,5)6)40-53(43-58)77(7,8)9/h16-47H,1-15H3. The molecule has 416 valence electrons. The summed E-state index contributed by atoms with van der Waals surface area (Å²) in [6.07, 6.45) is 0. The average molecular weight is 1090 g/mol. The minimum Gasteiger partial charge on any atom is -0.311 e. The van der Waals surface area contributed by atoms with Gasteiger partial charge in [-0.15, -0.1) is 0 Å². The highest BCUT2D eigenvalue weighted by atomic mass is 15.2. The molecule has 0 N–H and O–H groups in total. The Morgan fingerprint density at radius 2 is 0.631 bits per heavy atom. The molecule has 0 radical (unpaired) electrons. The summed E-state index contributed by atoms with van der Waals surface area (Å²) in [5.41, 5.74) is 29.2. The first-order valence-electron chi connectivity index (χ1n) is 30.4. The van der Waals surface area contributed by atoms with E-state index in [2.05, 4.69) is 317 Å². The molecule has 0 spiro atoms. The predicted octanol–water partition coefficient (Wildman–Crippen LogP) is 19.7. The van der Waals surface area contributed by atoms with E-state index >= 15 is 0 Å². The lowest BCUT2D eigenvalue weighted by Gasteiger charge is -2.45. The van der Waals surface area contributed by atoms with Crippen molar-refractivity contribution in [3.8, 4) is 22.5 Å². The molecule has 10 aromatic carbocycles. The Kier molecular flexibility index (Phi) is 11.9. The molecule has 2 aliphatic heterocycles. The number of hydrogen-bond acceptors (Lipinski definition) is 2. The highest BCUT2D eigenvalue weighted by molar-refractivity contribution is 7.00. The predicted molar refractivity (Wildman–Crippen MR) is 364 cm³/mol. The fraction of sp³-hybridized carbons (Fsp3) is 0.241. The lowest BCUT2D eigenvalue weighted by molar-refractivity contribution is 0.568. The fourth-order valence-electron chi connectivity index (χ4n) is 14.2. The van der Waals surface area contributed by atoms with Crippen molar-refractivity contribution < 1.29 is 0 Å². The number of aromatic nitrogens is 2. The van der Waals surface area contributed by atoms with Crippen molar-refractivity contribution in [2.75, 3.05) is 9.80 Å². The Morgan fingerprint density at radius 1 is 0.310 bits per heavy atom. The first kappa shape index (κ1) is 53.5. The first-order valence-corrected chi connectivity index (χ1v) is 30.4. The maximum atomic E-state index is 2.68. The van der Waals surface area contributed by atoms with E-state index in [1.807, 2.05) is 0 Å². The van der Waals surface area contributed by atoms with Crippen molar-refractivity contribution >= 4 is 101 Å². The molecule has 12 aromatic rings. The summed E-state index contributed by atoms with van der Waals surface area (Å²) in [6.45, 7) is 35.1. The Bertz CT molecular complexity index is 4250. The van der Waals surface area contributed by atoms with Gasteiger partial charge in [0.15, 0.2) is 0 Å². The van der Waals surface area contributed by atoms with Gasteiger partial charge in [0, 0.05) is 67.0 Å². The third-order valence-electron chi connectivity index (χ3n) is 18.5. The largest absolute Gasteiger partial charge is 0.311 e. The number of hydrogen-bond donors (Lipinski definition) is 0. The van der Waals surface area contributed by atoms with Crippen LogP contribution in [0.25, 0.3) is 66.1 Å². The van der Waals surface area contributed by atoms with Gasteiger partial charge in [0.1, 0.15) is 0 Å². The number of aryl methyl sites for hydroxylation is 3. The van der Waals surface area contributed by atoms with Crippen LogP contribution in [0.1, 0.15) is 122 Å². The molecule has 14 rings (SSSR count). The van der Waals surface area contributed by atoms with Crippen LogP contribution in [0, 0.1) is 20.8 Å². The molecule has 84 heavy (non-hydrogen) atoms. The van der Waals surface area contributed by atoms with E-state index in [9.17, 15) is 0 Å². The zero-order chi connectivity index (χ0) is 58.7. The molecule has 0 saturated heterocycles. The van der Waals surface area contributed by atoms with E-state index in [1.54, 1.807) is 0 Å². The number of benzene rings is 10. The Labute approximate surface area is 498 Å². The van der Waals surface area contributed by atoms with Crippen LogP contribution >= 0.6 is 0 Å². The molecule has 2 aliphatic rings. The van der Waals surface area contributed by atoms with Crippen LogP contribution in [-0.2, 0) is 21.7 Å². The van der Waals surface area contributed by atoms with Crippen molar-refractivity contribution in [1.82, 2.24) is 9.13 Å². The molecule has 0 amide bonds. The smallest absolute Gasteiger partial charge is 0.252 e. The van der Waals surface area contributed by atoms with Crippen LogP contribution in [0.5, 0.6) is 0 Å². The van der Waals surface area contributed by atoms with Crippen LogP contribution in [0.2, 0.25) is 0 Å². The van der Waals surface area contributed by atoms with Gasteiger partial charge in [0.05, 0.1) is 22.1 Å². The zero-order valence-electron chi connectivity index (χ0n) is 51.8. The van der Waals surface area contributed by atoms with Crippen LogP contribution in [-0.4, -0.2) is 15.8 Å². The van der Waals surface area contributed by atoms with Gasteiger partial charge in [-0.05, 0) is 188 Å². The van der Waals surface area contributed by atoms with Crippen LogP contribution in [0.3, 0.4) is 0 Å². The Morgan fingerprint density at radius 3 is 0.952 bits per heavy atom. The first-order chi connectivity index (χ1) is 39.9. The van der Waals surface area contributed by atoms with Gasteiger partial charge in [-0.25, -0.2) is 0 Å². The number of fused-ring (bicyclic) bond motifs is 10. The second-order valence-electron chi connectivity index (χ2n) is 28.6. The normalized spacial score (nSPS) is 13.6. The quantitative estimate of drug-likeness (QED) is 0.160. The van der Waals surface area contributed by atoms with Gasteiger partial charge >= 0.3 is 0 Å². The summed E-state index contributed by atoms with van der Waals surface area (Å²) in [7, 11) is 0. The number of para-hydroxylation sites is 4. The Hall–Kier alpha value is -8.54. The topological polar surface area (TPSA) is 16.3 Å². The van der Waals surface area contributed by atoms with Crippen molar-refractivity contribution in [3.05, 3.63) is 233 Å². The monoisotopic (exact) mass is 1090 g/mol.